The monoisotopic (exact) mass is 598 g/mol. The quantitative estimate of drug-likeness (QED) is 0.160. The highest BCUT2D eigenvalue weighted by Crippen LogP contribution is 2.41. The van der Waals surface area contributed by atoms with E-state index >= 15 is 0 Å². The van der Waals surface area contributed by atoms with Gasteiger partial charge in [-0.3, -0.25) is 10.1 Å². The molecule has 3 aromatic carbocycles. The summed E-state index contributed by atoms with van der Waals surface area (Å²) in [6, 6.07) is 17.6. The summed E-state index contributed by atoms with van der Waals surface area (Å²) < 4.78 is 16.2. The van der Waals surface area contributed by atoms with Crippen molar-refractivity contribution in [2.75, 3.05) is 43.4 Å². The molecule has 10 nitrogen and oxygen atoms in total. The van der Waals surface area contributed by atoms with Gasteiger partial charge in [0, 0.05) is 55.5 Å². The molecule has 220 valence electrons. The Morgan fingerprint density at radius 3 is 2.35 bits per heavy atom. The molecule has 2 aromatic heterocycles. The molecule has 1 aliphatic heterocycles. The lowest BCUT2D eigenvalue weighted by Gasteiger charge is -2.35. The van der Waals surface area contributed by atoms with Crippen molar-refractivity contribution >= 4 is 44.6 Å². The third-order valence-electron chi connectivity index (χ3n) is 8.43. The van der Waals surface area contributed by atoms with E-state index in [2.05, 4.69) is 49.1 Å². The van der Waals surface area contributed by atoms with Crippen LogP contribution in [0.1, 0.15) is 31.7 Å². The van der Waals surface area contributed by atoms with Crippen LogP contribution in [0.25, 0.3) is 33.0 Å². The molecule has 2 aliphatic rings. The van der Waals surface area contributed by atoms with Gasteiger partial charge < -0.3 is 19.7 Å². The van der Waals surface area contributed by atoms with Gasteiger partial charge in [0.15, 0.2) is 0 Å². The maximum Gasteiger partial charge on any atom is 0.269 e. The Morgan fingerprint density at radius 1 is 0.953 bits per heavy atom. The van der Waals surface area contributed by atoms with Crippen molar-refractivity contribution in [1.29, 1.82) is 0 Å². The Hall–Kier alpha value is -4.42. The number of halogens is 1. The van der Waals surface area contributed by atoms with Crippen LogP contribution in [0.5, 0.6) is 0 Å². The number of hydrogen-bond donors (Lipinski definition) is 1. The first-order chi connectivity index (χ1) is 20.9. The zero-order chi connectivity index (χ0) is 29.5. The Morgan fingerprint density at radius 2 is 1.65 bits per heavy atom. The van der Waals surface area contributed by atoms with Crippen molar-refractivity contribution in [1.82, 2.24) is 24.6 Å². The third kappa shape index (κ3) is 5.43. The van der Waals surface area contributed by atoms with Gasteiger partial charge in [0.05, 0.1) is 27.3 Å². The molecule has 7 rings (SSSR count). The van der Waals surface area contributed by atoms with E-state index < -0.39 is 4.92 Å². The van der Waals surface area contributed by atoms with E-state index in [1.807, 2.05) is 12.1 Å². The minimum Gasteiger partial charge on any atom is -0.367 e. The van der Waals surface area contributed by atoms with Crippen molar-refractivity contribution in [3.05, 3.63) is 76.6 Å². The fraction of sp³-hybridized carbons (Fsp3) is 0.323. The lowest BCUT2D eigenvalue weighted by Crippen LogP contribution is -2.44. The zero-order valence-electron chi connectivity index (χ0n) is 23.7. The van der Waals surface area contributed by atoms with Crippen molar-refractivity contribution < 1.29 is 9.31 Å². The number of nitro groups is 1. The van der Waals surface area contributed by atoms with Gasteiger partial charge >= 0.3 is 0 Å². The second kappa shape index (κ2) is 11.3. The molecule has 1 saturated heterocycles. The van der Waals surface area contributed by atoms with Gasteiger partial charge in [0.1, 0.15) is 16.6 Å². The van der Waals surface area contributed by atoms with E-state index in [4.69, 9.17) is 4.98 Å². The van der Waals surface area contributed by atoms with Crippen LogP contribution in [-0.2, 0) is 0 Å². The summed E-state index contributed by atoms with van der Waals surface area (Å²) in [7, 11) is 2.14. The summed E-state index contributed by atoms with van der Waals surface area (Å²) in [5, 5.41) is 24.6. The number of imidazole rings is 1. The van der Waals surface area contributed by atoms with Gasteiger partial charge in [0.25, 0.3) is 5.69 Å². The summed E-state index contributed by atoms with van der Waals surface area (Å²) in [4.78, 5) is 20.5. The molecule has 1 N–H and O–H groups in total. The highest BCUT2D eigenvalue weighted by Gasteiger charge is 2.26. The lowest BCUT2D eigenvalue weighted by atomic mass is 10.1. The molecule has 0 spiro atoms. The number of nitrogens with zero attached hydrogens (tertiary/aromatic N) is 7. The fourth-order valence-corrected chi connectivity index (χ4v) is 6.87. The number of nitro benzene ring substituents is 1. The Bertz CT molecular complexity index is 1770. The van der Waals surface area contributed by atoms with E-state index in [-0.39, 0.29) is 11.5 Å². The summed E-state index contributed by atoms with van der Waals surface area (Å²) >= 11 is 1.39. The summed E-state index contributed by atoms with van der Waals surface area (Å²) in [5.74, 6) is 0.598. The summed E-state index contributed by atoms with van der Waals surface area (Å²) in [5.41, 5.74) is 5.62. The van der Waals surface area contributed by atoms with Crippen LogP contribution in [0.4, 0.5) is 26.6 Å². The van der Waals surface area contributed by atoms with Crippen LogP contribution in [0.15, 0.2) is 60.7 Å². The molecule has 0 atom stereocenters. The number of rotatable bonds is 7. The molecule has 0 bridgehead atoms. The maximum atomic E-state index is 13.8. The molecular weight excluding hydrogens is 567 g/mol. The first-order valence-corrected chi connectivity index (χ1v) is 15.4. The first-order valence-electron chi connectivity index (χ1n) is 14.5. The van der Waals surface area contributed by atoms with Crippen molar-refractivity contribution in [2.24, 2.45) is 0 Å². The largest absolute Gasteiger partial charge is 0.367 e. The molecule has 3 heterocycles. The fourth-order valence-electron chi connectivity index (χ4n) is 6.11. The van der Waals surface area contributed by atoms with Crippen LogP contribution >= 0.6 is 11.3 Å². The molecule has 1 aliphatic carbocycles. The van der Waals surface area contributed by atoms with Crippen molar-refractivity contribution in [3.63, 3.8) is 0 Å². The molecule has 0 radical (unpaired) electrons. The van der Waals surface area contributed by atoms with Crippen LogP contribution in [0.3, 0.4) is 0 Å². The molecule has 12 heteroatoms. The molecule has 5 aromatic rings. The van der Waals surface area contributed by atoms with Crippen LogP contribution in [0, 0.1) is 15.9 Å². The number of nitrogens with one attached hydrogen (secondary N) is 1. The summed E-state index contributed by atoms with van der Waals surface area (Å²) in [6.45, 7) is 3.71. The standard InChI is InChI=1S/C31H31FN8O2S/c1-37-14-16-38(17-15-37)27-19-28-26(33-29(20-6-10-22(32)11-7-20)39(28)23-4-2-3-5-23)18-25(27)34-31-36-35-30(43-31)21-8-12-24(13-9-21)40(41)42/h6-13,18-19,23H,2-5,14-17H2,1H3,(H,34,36). The first kappa shape index (κ1) is 27.4. The topological polar surface area (TPSA) is 105 Å². The van der Waals surface area contributed by atoms with E-state index in [0.29, 0.717) is 16.2 Å². The predicted octanol–water partition coefficient (Wildman–Crippen LogP) is 6.88. The number of likely N-dealkylation sites (N-methyl/N-ethyl adjacent to an activating group) is 1. The van der Waals surface area contributed by atoms with Crippen LogP contribution < -0.4 is 10.2 Å². The average molecular weight is 599 g/mol. The van der Waals surface area contributed by atoms with Crippen molar-refractivity contribution in [2.45, 2.75) is 31.7 Å². The third-order valence-corrected chi connectivity index (χ3v) is 9.32. The molecule has 2 fully saturated rings. The van der Waals surface area contributed by atoms with Gasteiger partial charge in [-0.2, -0.15) is 0 Å². The van der Waals surface area contributed by atoms with Gasteiger partial charge in [-0.05, 0) is 68.4 Å². The van der Waals surface area contributed by atoms with E-state index in [0.717, 1.165) is 78.4 Å². The molecule has 0 unspecified atom stereocenters. The van der Waals surface area contributed by atoms with Crippen LogP contribution in [-0.4, -0.2) is 62.8 Å². The number of hydrogen-bond acceptors (Lipinski definition) is 9. The molecule has 43 heavy (non-hydrogen) atoms. The predicted molar refractivity (Wildman–Crippen MR) is 168 cm³/mol. The van der Waals surface area contributed by atoms with Gasteiger partial charge in [-0.1, -0.05) is 24.2 Å². The zero-order valence-corrected chi connectivity index (χ0v) is 24.6. The minimum absolute atomic E-state index is 0.0359. The van der Waals surface area contributed by atoms with E-state index in [1.165, 1.54) is 48.4 Å². The second-order valence-corrected chi connectivity index (χ2v) is 12.2. The van der Waals surface area contributed by atoms with Gasteiger partial charge in [0.2, 0.25) is 5.13 Å². The smallest absolute Gasteiger partial charge is 0.269 e. The molecular formula is C31H31FN8O2S. The highest BCUT2D eigenvalue weighted by atomic mass is 32.1. The number of benzene rings is 3. The normalized spacial score (nSPS) is 16.3. The SMILES string of the molecule is CN1CCN(c2cc3c(cc2Nc2nnc(-c4ccc([N+](=O)[O-])cc4)s2)nc(-c2ccc(F)cc2)n3C2CCCC2)CC1. The second-order valence-electron chi connectivity index (χ2n) is 11.2. The molecule has 0 amide bonds. The highest BCUT2D eigenvalue weighted by molar-refractivity contribution is 7.18. The number of fused-ring (bicyclic) bond motifs is 1. The average Bonchev–Trinajstić information content (AvgIpc) is 3.78. The Kier molecular flexibility index (Phi) is 7.23. The number of aromatic nitrogens is 4. The number of anilines is 3. The number of non-ortho nitro benzene ring substituents is 1. The number of piperazine rings is 1. The van der Waals surface area contributed by atoms with Gasteiger partial charge in [-0.25, -0.2) is 9.37 Å². The van der Waals surface area contributed by atoms with E-state index in [9.17, 15) is 14.5 Å². The Labute approximate surface area is 251 Å². The Balaban J connectivity index is 1.31. The maximum absolute atomic E-state index is 13.8. The van der Waals surface area contributed by atoms with Crippen molar-refractivity contribution in [3.8, 4) is 22.0 Å². The lowest BCUT2D eigenvalue weighted by molar-refractivity contribution is -0.384. The molecule has 1 saturated carbocycles. The summed E-state index contributed by atoms with van der Waals surface area (Å²) in [6.07, 6.45) is 4.57. The van der Waals surface area contributed by atoms with Gasteiger partial charge in [-0.15, -0.1) is 10.2 Å². The minimum atomic E-state index is -0.414. The van der Waals surface area contributed by atoms with Crippen LogP contribution in [0.2, 0.25) is 0 Å². The van der Waals surface area contributed by atoms with E-state index in [1.54, 1.807) is 12.1 Å².